The average molecular weight is 237 g/mol. The SMILES string of the molecule is COc1ccc(CNCC(N)CN)c(C)c1C. The van der Waals surface area contributed by atoms with Crippen LogP contribution in [0.4, 0.5) is 0 Å². The molecule has 0 radical (unpaired) electrons. The zero-order valence-electron chi connectivity index (χ0n) is 10.9. The molecule has 96 valence electrons. The number of methoxy groups -OCH3 is 1. The highest BCUT2D eigenvalue weighted by Crippen LogP contribution is 2.23. The van der Waals surface area contributed by atoms with Gasteiger partial charge in [0.2, 0.25) is 0 Å². The van der Waals surface area contributed by atoms with Gasteiger partial charge in [-0.25, -0.2) is 0 Å². The van der Waals surface area contributed by atoms with Crippen LogP contribution in [0.5, 0.6) is 5.75 Å². The van der Waals surface area contributed by atoms with Gasteiger partial charge >= 0.3 is 0 Å². The molecule has 5 N–H and O–H groups in total. The summed E-state index contributed by atoms with van der Waals surface area (Å²) in [6.45, 7) is 6.24. The molecule has 0 spiro atoms. The average Bonchev–Trinajstić information content (AvgIpc) is 2.34. The van der Waals surface area contributed by atoms with Crippen LogP contribution in [0, 0.1) is 13.8 Å². The Hall–Kier alpha value is -1.10. The Balaban J connectivity index is 2.63. The van der Waals surface area contributed by atoms with Crippen molar-refractivity contribution >= 4 is 0 Å². The number of ether oxygens (including phenoxy) is 1. The van der Waals surface area contributed by atoms with E-state index in [0.717, 1.165) is 18.8 Å². The van der Waals surface area contributed by atoms with Crippen LogP contribution in [0.3, 0.4) is 0 Å². The molecule has 4 heteroatoms. The van der Waals surface area contributed by atoms with Crippen molar-refractivity contribution in [2.24, 2.45) is 11.5 Å². The maximum Gasteiger partial charge on any atom is 0.122 e. The fourth-order valence-corrected chi connectivity index (χ4v) is 1.74. The number of nitrogens with one attached hydrogen (secondary N) is 1. The molecule has 0 saturated heterocycles. The van der Waals surface area contributed by atoms with Crippen LogP contribution in [-0.2, 0) is 6.54 Å². The van der Waals surface area contributed by atoms with Gasteiger partial charge in [0.05, 0.1) is 7.11 Å². The van der Waals surface area contributed by atoms with Crippen molar-refractivity contribution < 1.29 is 4.74 Å². The predicted molar refractivity (Wildman–Crippen MR) is 71.2 cm³/mol. The first-order valence-corrected chi connectivity index (χ1v) is 5.89. The van der Waals surface area contributed by atoms with Crippen molar-refractivity contribution in [1.82, 2.24) is 5.32 Å². The Kier molecular flexibility index (Phi) is 5.41. The smallest absolute Gasteiger partial charge is 0.122 e. The van der Waals surface area contributed by atoms with E-state index in [4.69, 9.17) is 16.2 Å². The third-order valence-corrected chi connectivity index (χ3v) is 3.09. The van der Waals surface area contributed by atoms with Gasteiger partial charge in [-0.2, -0.15) is 0 Å². The van der Waals surface area contributed by atoms with E-state index in [1.54, 1.807) is 7.11 Å². The minimum absolute atomic E-state index is 0.0228. The van der Waals surface area contributed by atoms with Gasteiger partial charge < -0.3 is 21.5 Å². The Morgan fingerprint density at radius 2 is 2.00 bits per heavy atom. The van der Waals surface area contributed by atoms with Crippen molar-refractivity contribution in [3.05, 3.63) is 28.8 Å². The zero-order valence-corrected chi connectivity index (χ0v) is 10.9. The van der Waals surface area contributed by atoms with Crippen molar-refractivity contribution in [1.29, 1.82) is 0 Å². The van der Waals surface area contributed by atoms with Crippen LogP contribution in [0.15, 0.2) is 12.1 Å². The van der Waals surface area contributed by atoms with Gasteiger partial charge in [0.1, 0.15) is 5.75 Å². The molecule has 0 amide bonds. The van der Waals surface area contributed by atoms with Gasteiger partial charge in [-0.1, -0.05) is 6.07 Å². The maximum absolute atomic E-state index is 5.74. The molecule has 1 aromatic carbocycles. The number of hydrogen-bond acceptors (Lipinski definition) is 4. The van der Waals surface area contributed by atoms with E-state index in [1.165, 1.54) is 16.7 Å². The van der Waals surface area contributed by atoms with E-state index in [-0.39, 0.29) is 6.04 Å². The summed E-state index contributed by atoms with van der Waals surface area (Å²) in [6, 6.07) is 4.11. The highest BCUT2D eigenvalue weighted by molar-refractivity contribution is 5.43. The second kappa shape index (κ2) is 6.59. The third kappa shape index (κ3) is 3.70. The third-order valence-electron chi connectivity index (χ3n) is 3.09. The fourth-order valence-electron chi connectivity index (χ4n) is 1.74. The first-order chi connectivity index (χ1) is 8.10. The van der Waals surface area contributed by atoms with E-state index >= 15 is 0 Å². The molecule has 1 aromatic rings. The van der Waals surface area contributed by atoms with Gasteiger partial charge in [-0.15, -0.1) is 0 Å². The minimum atomic E-state index is 0.0228. The van der Waals surface area contributed by atoms with Crippen molar-refractivity contribution in [3.63, 3.8) is 0 Å². The molecule has 0 bridgehead atoms. The van der Waals surface area contributed by atoms with Crippen molar-refractivity contribution in [3.8, 4) is 5.75 Å². The normalized spacial score (nSPS) is 12.5. The van der Waals surface area contributed by atoms with Crippen LogP contribution in [0.2, 0.25) is 0 Å². The summed E-state index contributed by atoms with van der Waals surface area (Å²) < 4.78 is 5.28. The summed E-state index contributed by atoms with van der Waals surface area (Å²) in [5, 5.41) is 3.31. The molecule has 0 aliphatic heterocycles. The molecular formula is C13H23N3O. The van der Waals surface area contributed by atoms with Crippen LogP contribution < -0.4 is 21.5 Å². The first kappa shape index (κ1) is 14.0. The highest BCUT2D eigenvalue weighted by Gasteiger charge is 2.06. The molecule has 0 aliphatic carbocycles. The Morgan fingerprint density at radius 3 is 2.59 bits per heavy atom. The Labute approximate surface area is 103 Å². The molecule has 0 saturated carbocycles. The van der Waals surface area contributed by atoms with Crippen molar-refractivity contribution in [2.75, 3.05) is 20.2 Å². The Morgan fingerprint density at radius 1 is 1.29 bits per heavy atom. The van der Waals surface area contributed by atoms with E-state index in [2.05, 4.69) is 25.2 Å². The molecule has 0 aromatic heterocycles. The van der Waals surface area contributed by atoms with Crippen LogP contribution in [-0.4, -0.2) is 26.2 Å². The first-order valence-electron chi connectivity index (χ1n) is 5.89. The number of nitrogens with two attached hydrogens (primary N) is 2. The topological polar surface area (TPSA) is 73.3 Å². The standard InChI is InChI=1S/C13H23N3O/c1-9-10(2)13(17-3)5-4-11(9)7-16-8-12(15)6-14/h4-5,12,16H,6-8,14-15H2,1-3H3. The number of hydrogen-bond donors (Lipinski definition) is 3. The molecular weight excluding hydrogens is 214 g/mol. The van der Waals surface area contributed by atoms with Gasteiger partial charge in [-0.05, 0) is 36.6 Å². The van der Waals surface area contributed by atoms with E-state index in [0.29, 0.717) is 6.54 Å². The van der Waals surface area contributed by atoms with E-state index < -0.39 is 0 Å². The molecule has 0 heterocycles. The lowest BCUT2D eigenvalue weighted by Gasteiger charge is -2.14. The molecule has 0 aliphatic rings. The number of rotatable bonds is 6. The predicted octanol–water partition coefficient (Wildman–Crippen LogP) is 0.688. The summed E-state index contributed by atoms with van der Waals surface area (Å²) in [5.41, 5.74) is 14.9. The second-order valence-electron chi connectivity index (χ2n) is 4.30. The van der Waals surface area contributed by atoms with Crippen LogP contribution in [0.25, 0.3) is 0 Å². The molecule has 4 nitrogen and oxygen atoms in total. The van der Waals surface area contributed by atoms with Crippen molar-refractivity contribution in [2.45, 2.75) is 26.4 Å². The maximum atomic E-state index is 5.74. The van der Waals surface area contributed by atoms with Crippen LogP contribution in [0.1, 0.15) is 16.7 Å². The Bertz CT molecular complexity index is 366. The second-order valence-corrected chi connectivity index (χ2v) is 4.30. The molecule has 1 rings (SSSR count). The number of benzene rings is 1. The molecule has 17 heavy (non-hydrogen) atoms. The quantitative estimate of drug-likeness (QED) is 0.680. The lowest BCUT2D eigenvalue weighted by molar-refractivity contribution is 0.411. The molecule has 1 atom stereocenters. The summed E-state index contributed by atoms with van der Waals surface area (Å²) >= 11 is 0. The van der Waals surface area contributed by atoms with Gasteiger partial charge in [-0.3, -0.25) is 0 Å². The summed E-state index contributed by atoms with van der Waals surface area (Å²) in [6.07, 6.45) is 0. The summed E-state index contributed by atoms with van der Waals surface area (Å²) in [4.78, 5) is 0. The molecule has 0 fully saturated rings. The molecule has 1 unspecified atom stereocenters. The van der Waals surface area contributed by atoms with Crippen LogP contribution >= 0.6 is 0 Å². The minimum Gasteiger partial charge on any atom is -0.496 e. The monoisotopic (exact) mass is 237 g/mol. The summed E-state index contributed by atoms with van der Waals surface area (Å²) in [5.74, 6) is 0.935. The largest absolute Gasteiger partial charge is 0.496 e. The van der Waals surface area contributed by atoms with Gasteiger partial charge in [0.15, 0.2) is 0 Å². The van der Waals surface area contributed by atoms with Gasteiger partial charge in [0.25, 0.3) is 0 Å². The fraction of sp³-hybridized carbons (Fsp3) is 0.538. The van der Waals surface area contributed by atoms with E-state index in [1.807, 2.05) is 6.07 Å². The highest BCUT2D eigenvalue weighted by atomic mass is 16.5. The summed E-state index contributed by atoms with van der Waals surface area (Å²) in [7, 11) is 1.69. The van der Waals surface area contributed by atoms with E-state index in [9.17, 15) is 0 Å². The lowest BCUT2D eigenvalue weighted by Crippen LogP contribution is -2.39. The lowest BCUT2D eigenvalue weighted by atomic mass is 10.0. The zero-order chi connectivity index (χ0) is 12.8. The van der Waals surface area contributed by atoms with Gasteiger partial charge in [0, 0.05) is 25.7 Å².